The molecule has 2 aliphatic heterocycles. The van der Waals surface area contributed by atoms with Crippen molar-refractivity contribution in [1.29, 1.82) is 5.26 Å². The molecule has 254 valence electrons. The van der Waals surface area contributed by atoms with Crippen molar-refractivity contribution in [3.8, 4) is 11.8 Å². The van der Waals surface area contributed by atoms with Crippen LogP contribution in [0.2, 0.25) is 0 Å². The quantitative estimate of drug-likeness (QED) is 0.0896. The van der Waals surface area contributed by atoms with E-state index in [1.54, 1.807) is 47.5 Å². The van der Waals surface area contributed by atoms with Gasteiger partial charge >= 0.3 is 12.0 Å². The van der Waals surface area contributed by atoms with Crippen molar-refractivity contribution in [2.75, 3.05) is 6.54 Å². The second-order valence-electron chi connectivity index (χ2n) is 12.9. The largest absolute Gasteiger partial charge is 0.423 e. The van der Waals surface area contributed by atoms with Crippen molar-refractivity contribution < 1.29 is 14.3 Å². The van der Waals surface area contributed by atoms with Gasteiger partial charge in [-0.1, -0.05) is 114 Å². The molecule has 2 unspecified atom stereocenters. The van der Waals surface area contributed by atoms with E-state index in [0.717, 1.165) is 29.9 Å². The van der Waals surface area contributed by atoms with E-state index in [-0.39, 0.29) is 18.1 Å². The Kier molecular flexibility index (Phi) is 12.2. The Morgan fingerprint density at radius 3 is 2.21 bits per heavy atom. The summed E-state index contributed by atoms with van der Waals surface area (Å²) in [6.07, 6.45) is 16.1. The molecule has 5 rings (SSSR count). The van der Waals surface area contributed by atoms with Gasteiger partial charge in [-0.05, 0) is 42.8 Å². The Bertz CT molecular complexity index is 1640. The third-order valence-electron chi connectivity index (χ3n) is 8.83. The van der Waals surface area contributed by atoms with Crippen LogP contribution in [0.3, 0.4) is 0 Å². The molecule has 1 N–H and O–H groups in total. The number of aromatic nitrogens is 3. The van der Waals surface area contributed by atoms with E-state index >= 15 is 0 Å². The highest BCUT2D eigenvalue weighted by Crippen LogP contribution is 2.29. The minimum absolute atomic E-state index is 0.0384. The Morgan fingerprint density at radius 2 is 1.56 bits per heavy atom. The van der Waals surface area contributed by atoms with Crippen LogP contribution in [-0.2, 0) is 0 Å². The number of aliphatic imine (C=N–C) groups is 1. The molecule has 2 aromatic carbocycles. The summed E-state index contributed by atoms with van der Waals surface area (Å²) in [6, 6.07) is 15.2. The van der Waals surface area contributed by atoms with Gasteiger partial charge in [0.25, 0.3) is 0 Å². The molecule has 48 heavy (non-hydrogen) atoms. The van der Waals surface area contributed by atoms with Gasteiger partial charge in [0.05, 0.1) is 5.56 Å². The third kappa shape index (κ3) is 8.59. The van der Waals surface area contributed by atoms with Gasteiger partial charge in [-0.15, -0.1) is 10.2 Å². The lowest BCUT2D eigenvalue weighted by molar-refractivity contribution is 0.0550. The van der Waals surface area contributed by atoms with Gasteiger partial charge in [0, 0.05) is 12.5 Å². The van der Waals surface area contributed by atoms with Crippen molar-refractivity contribution in [3.05, 3.63) is 65.9 Å². The fraction of sp³-hybridized carbons (Fsp3) is 0.514. The van der Waals surface area contributed by atoms with Crippen molar-refractivity contribution in [3.63, 3.8) is 0 Å². The summed E-state index contributed by atoms with van der Waals surface area (Å²) in [4.78, 5) is 33.1. The first-order valence-corrected chi connectivity index (χ1v) is 17.6. The summed E-state index contributed by atoms with van der Waals surface area (Å²) in [5.74, 6) is 0.723. The van der Waals surface area contributed by atoms with Crippen molar-refractivity contribution in [1.82, 2.24) is 30.3 Å². The van der Waals surface area contributed by atoms with Gasteiger partial charge in [-0.2, -0.15) is 5.26 Å². The van der Waals surface area contributed by atoms with E-state index in [0.29, 0.717) is 34.6 Å². The van der Waals surface area contributed by atoms with Crippen LogP contribution in [0.15, 0.2) is 65.3 Å². The predicted molar refractivity (Wildman–Crippen MR) is 186 cm³/mol. The number of nitrogens with one attached hydrogen (secondary N) is 1. The molecule has 0 saturated heterocycles. The number of carbonyl (C=O) groups is 2. The number of unbranched alkanes of at least 4 members (excludes halogenated alkanes) is 11. The number of rotatable bonds is 17. The van der Waals surface area contributed by atoms with Gasteiger partial charge in [0.2, 0.25) is 0 Å². The maximum Gasteiger partial charge on any atom is 0.380 e. The first kappa shape index (κ1) is 34.6. The maximum atomic E-state index is 14.3. The standard InChI is InChI=1S/C37H48N8O3/c1-4-5-6-7-8-9-10-11-12-13-14-18-23-43(44-33-25-29(26-38)39-34(33)40-35(44)27(2)3)37(47)45-41-31-22-21-28(24-32(31)42-45)36(46)48-30-19-16-15-17-20-30/h15-17,19-22,24-25,27,33-34,39H,4-14,18,23H2,1-3H3. The van der Waals surface area contributed by atoms with Crippen LogP contribution >= 0.6 is 0 Å². The molecule has 1 aromatic heterocycles. The van der Waals surface area contributed by atoms with Crippen LogP contribution < -0.4 is 10.1 Å². The number of carbonyl (C=O) groups excluding carboxylic acids is 2. The SMILES string of the molecule is CCCCCCCCCCCCCCN(C(=O)n1nc2ccc(C(=O)Oc3ccccc3)cc2n1)N1C(C(C)C)=NC2NC(C#N)=CC21. The molecule has 11 nitrogen and oxygen atoms in total. The zero-order valence-electron chi connectivity index (χ0n) is 28.5. The fourth-order valence-electron chi connectivity index (χ4n) is 6.27. The number of esters is 1. The molecule has 3 aromatic rings. The molecule has 2 aliphatic rings. The lowest BCUT2D eigenvalue weighted by Crippen LogP contribution is -2.56. The monoisotopic (exact) mass is 652 g/mol. The number of hydrogen-bond acceptors (Lipinski definition) is 9. The van der Waals surface area contributed by atoms with Crippen molar-refractivity contribution in [2.24, 2.45) is 10.9 Å². The number of nitrogens with zero attached hydrogens (tertiary/aromatic N) is 7. The highest BCUT2D eigenvalue weighted by atomic mass is 16.5. The lowest BCUT2D eigenvalue weighted by Gasteiger charge is -2.37. The van der Waals surface area contributed by atoms with E-state index in [4.69, 9.17) is 9.73 Å². The Labute approximate surface area is 283 Å². The fourth-order valence-corrected chi connectivity index (χ4v) is 6.27. The molecule has 0 radical (unpaired) electrons. The van der Waals surface area contributed by atoms with Crippen LogP contribution in [0.1, 0.15) is 108 Å². The molecule has 0 bridgehead atoms. The number of ether oxygens (including phenoxy) is 1. The molecule has 0 aliphatic carbocycles. The molecular formula is C37H48N8O3. The number of benzene rings is 2. The summed E-state index contributed by atoms with van der Waals surface area (Å²) in [5.41, 5.74) is 1.64. The Hall–Kier alpha value is -4.72. The molecule has 0 saturated carbocycles. The van der Waals surface area contributed by atoms with Crippen LogP contribution in [0.4, 0.5) is 4.79 Å². The number of hydrazine groups is 1. The molecule has 11 heteroatoms. The summed E-state index contributed by atoms with van der Waals surface area (Å²) in [6.45, 7) is 6.80. The predicted octanol–water partition coefficient (Wildman–Crippen LogP) is 7.61. The summed E-state index contributed by atoms with van der Waals surface area (Å²) >= 11 is 0. The number of allylic oxidation sites excluding steroid dienone is 1. The number of nitriles is 1. The number of hydrogen-bond donors (Lipinski definition) is 1. The molecular weight excluding hydrogens is 604 g/mol. The molecule has 0 spiro atoms. The van der Waals surface area contributed by atoms with E-state index < -0.39 is 12.0 Å². The summed E-state index contributed by atoms with van der Waals surface area (Å²) in [5, 5.41) is 25.4. The van der Waals surface area contributed by atoms with Gasteiger partial charge < -0.3 is 10.1 Å². The summed E-state index contributed by atoms with van der Waals surface area (Å²) in [7, 11) is 0. The average Bonchev–Trinajstić information content (AvgIpc) is 3.80. The van der Waals surface area contributed by atoms with Crippen LogP contribution in [-0.4, -0.2) is 61.6 Å². The van der Waals surface area contributed by atoms with Gasteiger partial charge in [0.15, 0.2) is 0 Å². The third-order valence-corrected chi connectivity index (χ3v) is 8.83. The van der Waals surface area contributed by atoms with E-state index in [1.165, 1.54) is 57.8 Å². The number of amides is 1. The highest BCUT2D eigenvalue weighted by Gasteiger charge is 2.44. The second-order valence-corrected chi connectivity index (χ2v) is 12.9. The van der Waals surface area contributed by atoms with Gasteiger partial charge in [0.1, 0.15) is 46.6 Å². The molecule has 0 fully saturated rings. The van der Waals surface area contributed by atoms with Gasteiger partial charge in [-0.25, -0.2) is 19.6 Å². The normalized spacial score (nSPS) is 16.8. The molecule has 1 amide bonds. The highest BCUT2D eigenvalue weighted by molar-refractivity contribution is 5.95. The van der Waals surface area contributed by atoms with Crippen molar-refractivity contribution >= 4 is 28.9 Å². The smallest absolute Gasteiger partial charge is 0.380 e. The Morgan fingerprint density at radius 1 is 0.917 bits per heavy atom. The van der Waals surface area contributed by atoms with E-state index in [1.807, 2.05) is 31.0 Å². The molecule has 3 heterocycles. The summed E-state index contributed by atoms with van der Waals surface area (Å²) < 4.78 is 5.49. The minimum atomic E-state index is -0.521. The van der Waals surface area contributed by atoms with Gasteiger partial charge in [-0.3, -0.25) is 5.01 Å². The minimum Gasteiger partial charge on any atom is -0.423 e. The van der Waals surface area contributed by atoms with Crippen LogP contribution in [0.25, 0.3) is 11.0 Å². The average molecular weight is 653 g/mol. The zero-order chi connectivity index (χ0) is 33.9. The van der Waals surface area contributed by atoms with E-state index in [9.17, 15) is 14.9 Å². The van der Waals surface area contributed by atoms with Crippen LogP contribution in [0, 0.1) is 17.2 Å². The van der Waals surface area contributed by atoms with Crippen molar-refractivity contribution in [2.45, 2.75) is 110 Å². The van der Waals surface area contributed by atoms with E-state index in [2.05, 4.69) is 28.5 Å². The zero-order valence-corrected chi connectivity index (χ0v) is 28.5. The topological polar surface area (TPSA) is 129 Å². The number of fused-ring (bicyclic) bond motifs is 2. The number of para-hydroxylation sites is 1. The Balaban J connectivity index is 1.28. The lowest BCUT2D eigenvalue weighted by atomic mass is 10.1. The first-order chi connectivity index (χ1) is 23.4. The second kappa shape index (κ2) is 16.9. The maximum absolute atomic E-state index is 14.3. The van der Waals surface area contributed by atoms with Crippen LogP contribution in [0.5, 0.6) is 5.75 Å². The molecule has 2 atom stereocenters. The first-order valence-electron chi connectivity index (χ1n) is 17.6. The number of amidine groups is 1.